The molecule has 0 atom stereocenters. The molecule has 0 saturated carbocycles. The molecule has 7 nitrogen and oxygen atoms in total. The van der Waals surface area contributed by atoms with E-state index >= 15 is 0 Å². The molecule has 0 bridgehead atoms. The van der Waals surface area contributed by atoms with E-state index in [1.807, 2.05) is 0 Å². The Kier molecular flexibility index (Phi) is 5.39. The molecule has 0 aromatic carbocycles. The first-order valence-electron chi connectivity index (χ1n) is 4.68. The largest absolute Gasteiger partial charge is 0.395 e. The fraction of sp³-hybridized carbons (Fsp3) is 0.500. The molecule has 0 aliphatic rings. The van der Waals surface area contributed by atoms with Gasteiger partial charge in [0.1, 0.15) is 16.6 Å². The average Bonchev–Trinajstić information content (AvgIpc) is 2.29. The van der Waals surface area contributed by atoms with Crippen molar-refractivity contribution in [3.63, 3.8) is 0 Å². The van der Waals surface area contributed by atoms with Gasteiger partial charge in [-0.15, -0.1) is 0 Å². The number of hydrazine groups is 1. The summed E-state index contributed by atoms with van der Waals surface area (Å²) < 4.78 is 0.597. The number of hydrogen-bond donors (Lipinski definition) is 4. The maximum absolute atomic E-state index is 8.92. The van der Waals surface area contributed by atoms with E-state index in [1.165, 1.54) is 6.33 Å². The van der Waals surface area contributed by atoms with Crippen LogP contribution in [0.3, 0.4) is 0 Å². The maximum atomic E-state index is 8.92. The highest BCUT2D eigenvalue weighted by atomic mass is 79.9. The molecule has 0 fully saturated rings. The molecular formula is C8H14BrN5O2. The highest BCUT2D eigenvalue weighted by Crippen LogP contribution is 2.28. The van der Waals surface area contributed by atoms with Crippen LogP contribution >= 0.6 is 15.9 Å². The van der Waals surface area contributed by atoms with E-state index in [0.717, 1.165) is 0 Å². The predicted octanol–water partition coefficient (Wildman–Crippen LogP) is -0.684. The summed E-state index contributed by atoms with van der Waals surface area (Å²) in [5.74, 6) is 6.30. The molecule has 0 aliphatic carbocycles. The van der Waals surface area contributed by atoms with Gasteiger partial charge in [-0.2, -0.15) is 0 Å². The molecule has 0 aliphatic heterocycles. The number of aliphatic hydroxyl groups is 2. The fourth-order valence-corrected chi connectivity index (χ4v) is 1.82. The Balaban J connectivity index is 2.98. The Morgan fingerprint density at radius 2 is 1.94 bits per heavy atom. The minimum Gasteiger partial charge on any atom is -0.395 e. The molecule has 1 aromatic rings. The van der Waals surface area contributed by atoms with Crippen LogP contribution in [0.1, 0.15) is 0 Å². The number of nitrogen functional groups attached to an aromatic ring is 1. The third-order valence-electron chi connectivity index (χ3n) is 1.95. The smallest absolute Gasteiger partial charge is 0.159 e. The van der Waals surface area contributed by atoms with Crippen LogP contribution in [0.15, 0.2) is 10.8 Å². The lowest BCUT2D eigenvalue weighted by molar-refractivity contribution is 0.280. The quantitative estimate of drug-likeness (QED) is 0.406. The number of anilines is 2. The molecule has 1 heterocycles. The van der Waals surface area contributed by atoms with Crippen LogP contribution in [-0.4, -0.2) is 46.5 Å². The first kappa shape index (κ1) is 13.1. The number of aromatic nitrogens is 2. The van der Waals surface area contributed by atoms with Gasteiger partial charge in [-0.1, -0.05) is 0 Å². The lowest BCUT2D eigenvalue weighted by Crippen LogP contribution is -2.31. The van der Waals surface area contributed by atoms with Gasteiger partial charge in [0.2, 0.25) is 0 Å². The van der Waals surface area contributed by atoms with Crippen molar-refractivity contribution in [2.45, 2.75) is 0 Å². The molecule has 8 heteroatoms. The summed E-state index contributed by atoms with van der Waals surface area (Å²) in [6.07, 6.45) is 1.36. The van der Waals surface area contributed by atoms with Gasteiger partial charge in [-0.25, -0.2) is 15.8 Å². The number of hydrogen-bond acceptors (Lipinski definition) is 7. The van der Waals surface area contributed by atoms with Crippen LogP contribution in [0.5, 0.6) is 0 Å². The van der Waals surface area contributed by atoms with Gasteiger partial charge in [-0.05, 0) is 15.9 Å². The lowest BCUT2D eigenvalue weighted by atomic mass is 10.4. The summed E-state index contributed by atoms with van der Waals surface area (Å²) in [5.41, 5.74) is 2.43. The van der Waals surface area contributed by atoms with Gasteiger partial charge in [0, 0.05) is 13.1 Å². The predicted molar refractivity (Wildman–Crippen MR) is 63.9 cm³/mol. The maximum Gasteiger partial charge on any atom is 0.159 e. The van der Waals surface area contributed by atoms with Crippen molar-refractivity contribution < 1.29 is 10.2 Å². The molecule has 0 radical (unpaired) electrons. The molecule has 0 amide bonds. The van der Waals surface area contributed by atoms with Gasteiger partial charge in [0.25, 0.3) is 0 Å². The van der Waals surface area contributed by atoms with Crippen LogP contribution in [-0.2, 0) is 0 Å². The number of rotatable bonds is 6. The van der Waals surface area contributed by atoms with Crippen LogP contribution in [0.25, 0.3) is 0 Å². The van der Waals surface area contributed by atoms with Crippen LogP contribution in [0.4, 0.5) is 11.6 Å². The van der Waals surface area contributed by atoms with Crippen molar-refractivity contribution in [1.29, 1.82) is 0 Å². The highest BCUT2D eigenvalue weighted by molar-refractivity contribution is 9.10. The minimum atomic E-state index is -0.0260. The molecule has 0 saturated heterocycles. The van der Waals surface area contributed by atoms with E-state index in [-0.39, 0.29) is 13.2 Å². The monoisotopic (exact) mass is 291 g/mol. The zero-order valence-corrected chi connectivity index (χ0v) is 10.2. The van der Waals surface area contributed by atoms with Crippen LogP contribution < -0.4 is 16.2 Å². The summed E-state index contributed by atoms with van der Waals surface area (Å²) in [7, 11) is 0. The second-order valence-corrected chi connectivity index (χ2v) is 3.73. The number of nitrogens with one attached hydrogen (secondary N) is 1. The van der Waals surface area contributed by atoms with E-state index in [9.17, 15) is 0 Å². The molecular weight excluding hydrogens is 278 g/mol. The zero-order chi connectivity index (χ0) is 12.0. The van der Waals surface area contributed by atoms with Gasteiger partial charge >= 0.3 is 0 Å². The van der Waals surface area contributed by atoms with Gasteiger partial charge in [-0.3, -0.25) is 0 Å². The topological polar surface area (TPSA) is 108 Å². The number of aliphatic hydroxyl groups excluding tert-OH is 2. The normalized spacial score (nSPS) is 10.2. The summed E-state index contributed by atoms with van der Waals surface area (Å²) in [4.78, 5) is 9.72. The van der Waals surface area contributed by atoms with Crippen LogP contribution in [0.2, 0.25) is 0 Å². The fourth-order valence-electron chi connectivity index (χ4n) is 1.25. The summed E-state index contributed by atoms with van der Waals surface area (Å²) >= 11 is 3.31. The minimum absolute atomic E-state index is 0.0260. The van der Waals surface area contributed by atoms with Crippen molar-refractivity contribution in [1.82, 2.24) is 9.97 Å². The van der Waals surface area contributed by atoms with E-state index in [4.69, 9.17) is 16.1 Å². The zero-order valence-electron chi connectivity index (χ0n) is 8.60. The van der Waals surface area contributed by atoms with Crippen molar-refractivity contribution in [2.24, 2.45) is 5.84 Å². The van der Waals surface area contributed by atoms with Crippen molar-refractivity contribution in [3.05, 3.63) is 10.8 Å². The third-order valence-corrected chi connectivity index (χ3v) is 2.68. The molecule has 5 N–H and O–H groups in total. The second kappa shape index (κ2) is 6.59. The van der Waals surface area contributed by atoms with Gasteiger partial charge < -0.3 is 20.5 Å². The first-order chi connectivity index (χ1) is 7.74. The lowest BCUT2D eigenvalue weighted by Gasteiger charge is -2.23. The molecule has 1 aromatic heterocycles. The van der Waals surface area contributed by atoms with Crippen molar-refractivity contribution in [2.75, 3.05) is 36.6 Å². The molecule has 0 unspecified atom stereocenters. The molecule has 16 heavy (non-hydrogen) atoms. The second-order valence-electron chi connectivity index (χ2n) is 2.94. The van der Waals surface area contributed by atoms with E-state index in [1.54, 1.807) is 4.90 Å². The Labute approximate surface area is 101 Å². The summed E-state index contributed by atoms with van der Waals surface area (Å²) in [5, 5.41) is 17.8. The number of nitrogens with zero attached hydrogens (tertiary/aromatic N) is 3. The highest BCUT2D eigenvalue weighted by Gasteiger charge is 2.14. The standard InChI is InChI=1S/C8H14BrN5O2/c9-6-7(13-10)11-5-12-8(6)14(1-3-15)2-4-16/h5,15-16H,1-4,10H2,(H,11,12,13). The molecule has 90 valence electrons. The number of nitrogens with two attached hydrogens (primary N) is 1. The van der Waals surface area contributed by atoms with E-state index in [2.05, 4.69) is 31.3 Å². The summed E-state index contributed by atoms with van der Waals surface area (Å²) in [6.45, 7) is 0.698. The van der Waals surface area contributed by atoms with Crippen molar-refractivity contribution >= 4 is 27.6 Å². The Morgan fingerprint density at radius 1 is 1.31 bits per heavy atom. The Bertz CT molecular complexity index is 332. The first-order valence-corrected chi connectivity index (χ1v) is 5.47. The SMILES string of the molecule is NNc1ncnc(N(CCO)CCO)c1Br. The Morgan fingerprint density at radius 3 is 2.44 bits per heavy atom. The van der Waals surface area contributed by atoms with Gasteiger partial charge in [0.05, 0.1) is 13.2 Å². The molecule has 0 spiro atoms. The van der Waals surface area contributed by atoms with E-state index in [0.29, 0.717) is 29.2 Å². The van der Waals surface area contributed by atoms with E-state index < -0.39 is 0 Å². The van der Waals surface area contributed by atoms with Crippen molar-refractivity contribution in [3.8, 4) is 0 Å². The number of halogens is 1. The Hall–Kier alpha value is -0.960. The summed E-state index contributed by atoms with van der Waals surface area (Å²) in [6, 6.07) is 0. The van der Waals surface area contributed by atoms with Gasteiger partial charge in [0.15, 0.2) is 5.82 Å². The average molecular weight is 292 g/mol. The molecule has 1 rings (SSSR count). The van der Waals surface area contributed by atoms with Crippen LogP contribution in [0, 0.1) is 0 Å². The third kappa shape index (κ3) is 3.01.